The molecular weight excluding hydrogens is 422 g/mol. The summed E-state index contributed by atoms with van der Waals surface area (Å²) in [5.74, 6) is -3.00. The Morgan fingerprint density at radius 2 is 1.88 bits per heavy atom. The second-order valence-electron chi connectivity index (χ2n) is 10.7. The summed E-state index contributed by atoms with van der Waals surface area (Å²) in [5.41, 5.74) is -7.52. The predicted octanol–water partition coefficient (Wildman–Crippen LogP) is 2.00. The number of allylic oxidation sites excluding steroid dienone is 4. The van der Waals surface area contributed by atoms with E-state index in [0.29, 0.717) is 0 Å². The van der Waals surface area contributed by atoms with Crippen LogP contribution in [0.5, 0.6) is 0 Å². The Balaban J connectivity index is 1.78. The van der Waals surface area contributed by atoms with Crippen LogP contribution < -0.4 is 0 Å². The van der Waals surface area contributed by atoms with E-state index in [-0.39, 0.29) is 30.9 Å². The van der Waals surface area contributed by atoms with Crippen LogP contribution in [0, 0.1) is 22.7 Å². The minimum Gasteiger partial charge on any atom is -0.390 e. The molecule has 9 atom stereocenters. The second-order valence-corrected chi connectivity index (χ2v) is 10.7. The van der Waals surface area contributed by atoms with Crippen molar-refractivity contribution in [3.63, 3.8) is 0 Å². The number of hydrogen-bond donors (Lipinski definition) is 3. The minimum absolute atomic E-state index is 0.00150. The Hall–Kier alpha value is -1.48. The van der Waals surface area contributed by atoms with Crippen LogP contribution >= 0.6 is 0 Å². The van der Waals surface area contributed by atoms with Gasteiger partial charge in [-0.2, -0.15) is 0 Å². The van der Waals surface area contributed by atoms with E-state index in [0.717, 1.165) is 6.08 Å². The van der Waals surface area contributed by atoms with Gasteiger partial charge in [0.1, 0.15) is 12.8 Å². The molecule has 0 amide bonds. The first-order valence-electron chi connectivity index (χ1n) is 11.2. The minimum atomic E-state index is -2.33. The van der Waals surface area contributed by atoms with Crippen LogP contribution in [-0.2, 0) is 14.3 Å². The molecule has 178 valence electrons. The van der Waals surface area contributed by atoms with Gasteiger partial charge in [-0.15, -0.1) is 0 Å². The van der Waals surface area contributed by atoms with Gasteiger partial charge in [-0.1, -0.05) is 13.0 Å². The topological polar surface area (TPSA) is 104 Å². The molecule has 3 N–H and O–H groups in total. The van der Waals surface area contributed by atoms with E-state index >= 15 is 8.78 Å². The Bertz CT molecular complexity index is 901. The molecule has 4 rings (SSSR count). The van der Waals surface area contributed by atoms with E-state index in [1.54, 1.807) is 20.8 Å². The fourth-order valence-corrected chi connectivity index (χ4v) is 7.07. The van der Waals surface area contributed by atoms with E-state index in [1.807, 2.05) is 0 Å². The molecule has 0 aromatic heterocycles. The van der Waals surface area contributed by atoms with Crippen LogP contribution in [0.25, 0.3) is 0 Å². The normalized spacial score (nSPS) is 50.0. The lowest BCUT2D eigenvalue weighted by Gasteiger charge is -2.62. The molecule has 3 fully saturated rings. The molecule has 0 aromatic carbocycles. The van der Waals surface area contributed by atoms with Gasteiger partial charge < -0.3 is 20.1 Å². The summed E-state index contributed by atoms with van der Waals surface area (Å²) in [7, 11) is 0. The summed E-state index contributed by atoms with van der Waals surface area (Å²) in [6, 6.07) is 0. The van der Waals surface area contributed by atoms with Crippen LogP contribution in [-0.4, -0.2) is 69.2 Å². The third-order valence-corrected chi connectivity index (χ3v) is 8.82. The summed E-state index contributed by atoms with van der Waals surface area (Å²) in [6.07, 6.45) is -2.14. The van der Waals surface area contributed by atoms with Crippen LogP contribution in [0.3, 0.4) is 0 Å². The largest absolute Gasteiger partial charge is 0.390 e. The van der Waals surface area contributed by atoms with E-state index < -0.39 is 70.5 Å². The van der Waals surface area contributed by atoms with Gasteiger partial charge in [0.25, 0.3) is 0 Å². The maximum atomic E-state index is 17.0. The monoisotopic (exact) mass is 454 g/mol. The van der Waals surface area contributed by atoms with E-state index in [4.69, 9.17) is 4.74 Å². The van der Waals surface area contributed by atoms with E-state index in [1.165, 1.54) is 19.1 Å². The number of alkyl halides is 2. The highest BCUT2D eigenvalue weighted by Gasteiger charge is 2.77. The second kappa shape index (κ2) is 7.26. The van der Waals surface area contributed by atoms with Crippen LogP contribution in [0.2, 0.25) is 0 Å². The number of carbonyl (C=O) groups is 2. The smallest absolute Gasteiger partial charge is 0.193 e. The number of aliphatic hydroxyl groups is 3. The fraction of sp³-hybridized carbons (Fsp3) is 0.750. The number of aliphatic hydroxyl groups excluding tert-OH is 2. The van der Waals surface area contributed by atoms with E-state index in [2.05, 4.69) is 0 Å². The van der Waals surface area contributed by atoms with Gasteiger partial charge in [0, 0.05) is 16.7 Å². The number of ketones is 2. The average molecular weight is 455 g/mol. The van der Waals surface area contributed by atoms with Gasteiger partial charge in [-0.3, -0.25) is 9.59 Å². The Morgan fingerprint density at radius 1 is 1.22 bits per heavy atom. The zero-order valence-corrected chi connectivity index (χ0v) is 18.8. The van der Waals surface area contributed by atoms with E-state index in [9.17, 15) is 24.9 Å². The Morgan fingerprint density at radius 3 is 2.50 bits per heavy atom. The molecule has 0 aliphatic heterocycles. The molecule has 0 spiro atoms. The molecule has 0 radical (unpaired) electrons. The van der Waals surface area contributed by atoms with Crippen LogP contribution in [0.1, 0.15) is 47.0 Å². The number of Topliss-reactive ketones (excluding diaryl/α,β-unsaturated/α-hetero) is 1. The quantitative estimate of drug-likeness (QED) is 0.600. The lowest BCUT2D eigenvalue weighted by atomic mass is 9.44. The molecule has 3 saturated carbocycles. The first-order chi connectivity index (χ1) is 14.7. The first kappa shape index (κ1) is 23.7. The third kappa shape index (κ3) is 2.76. The number of ether oxygens (including phenoxy) is 1. The van der Waals surface area contributed by atoms with Crippen molar-refractivity contribution in [3.05, 3.63) is 23.8 Å². The van der Waals surface area contributed by atoms with Crippen molar-refractivity contribution < 1.29 is 38.4 Å². The molecule has 4 aliphatic carbocycles. The fourth-order valence-electron chi connectivity index (χ4n) is 7.07. The first-order valence-corrected chi connectivity index (χ1v) is 11.2. The van der Waals surface area contributed by atoms with Crippen molar-refractivity contribution >= 4 is 11.6 Å². The van der Waals surface area contributed by atoms with Crippen molar-refractivity contribution in [1.29, 1.82) is 0 Å². The van der Waals surface area contributed by atoms with Crippen molar-refractivity contribution in [2.24, 2.45) is 22.7 Å². The predicted molar refractivity (Wildman–Crippen MR) is 111 cm³/mol. The van der Waals surface area contributed by atoms with Crippen LogP contribution in [0.15, 0.2) is 23.8 Å². The lowest BCUT2D eigenvalue weighted by molar-refractivity contribution is -0.226. The molecule has 8 heteroatoms. The van der Waals surface area contributed by atoms with Gasteiger partial charge in [0.05, 0.1) is 18.3 Å². The van der Waals surface area contributed by atoms with Gasteiger partial charge in [0.15, 0.2) is 22.8 Å². The Kier molecular flexibility index (Phi) is 5.37. The molecule has 0 saturated heterocycles. The summed E-state index contributed by atoms with van der Waals surface area (Å²) in [6.45, 7) is 6.06. The van der Waals surface area contributed by atoms with Crippen molar-refractivity contribution in [2.45, 2.75) is 82.7 Å². The Labute approximate surface area is 186 Å². The highest BCUT2D eigenvalue weighted by atomic mass is 19.1. The molecule has 0 bridgehead atoms. The number of hydrogen-bond acceptors (Lipinski definition) is 6. The number of carbonyl (C=O) groups excluding carboxylic acids is 2. The summed E-state index contributed by atoms with van der Waals surface area (Å²) in [4.78, 5) is 24.9. The molecular formula is C24H32F2O6. The van der Waals surface area contributed by atoms with Crippen molar-refractivity contribution in [2.75, 3.05) is 6.61 Å². The van der Waals surface area contributed by atoms with Gasteiger partial charge in [0.2, 0.25) is 0 Å². The maximum absolute atomic E-state index is 17.0. The molecule has 32 heavy (non-hydrogen) atoms. The SMILES string of the molecule is CC(C)OCC(=O)[C@@]1(O)[C@H](O)C[C@H]2[C@@H]3C[C@H](F)C4=CC(=O)C=C[C@]4(C)[C@@]3(F)[C@@H](O)C[C@@]21C. The zero-order valence-electron chi connectivity index (χ0n) is 18.8. The highest BCUT2D eigenvalue weighted by molar-refractivity contribution is 6.01. The third-order valence-electron chi connectivity index (χ3n) is 8.82. The molecule has 4 aliphatic rings. The van der Waals surface area contributed by atoms with Crippen molar-refractivity contribution in [3.8, 4) is 0 Å². The van der Waals surface area contributed by atoms with Gasteiger partial charge >= 0.3 is 0 Å². The number of rotatable bonds is 4. The average Bonchev–Trinajstić information content (AvgIpc) is 2.91. The van der Waals surface area contributed by atoms with Gasteiger partial charge in [-0.05, 0) is 63.7 Å². The maximum Gasteiger partial charge on any atom is 0.193 e. The van der Waals surface area contributed by atoms with Crippen molar-refractivity contribution in [1.82, 2.24) is 0 Å². The standard InChI is InChI=1S/C24H32F2O6/c1-12(2)32-11-20(30)24(31)18(28)9-14-15-8-17(25)16-7-13(27)5-6-21(16,3)23(15,26)19(29)10-22(14,24)4/h5-7,12,14-15,17-19,28-29,31H,8-11H2,1-4H3/t14-,15-,17-,18+,19-,21-,22-,23-,24-/m0/s1. The zero-order chi connectivity index (χ0) is 23.9. The van der Waals surface area contributed by atoms with Crippen LogP contribution in [0.4, 0.5) is 8.78 Å². The molecule has 0 aromatic rings. The highest BCUT2D eigenvalue weighted by Crippen LogP contribution is 2.70. The van der Waals surface area contributed by atoms with Gasteiger partial charge in [-0.25, -0.2) is 8.78 Å². The lowest BCUT2D eigenvalue weighted by Crippen LogP contribution is -2.71. The summed E-state index contributed by atoms with van der Waals surface area (Å²) in [5, 5.41) is 33.5. The molecule has 0 unspecified atom stereocenters. The summed E-state index contributed by atoms with van der Waals surface area (Å²) < 4.78 is 37.7. The number of fused-ring (bicyclic) bond motifs is 5. The summed E-state index contributed by atoms with van der Waals surface area (Å²) >= 11 is 0. The molecule has 0 heterocycles. The molecule has 6 nitrogen and oxygen atoms in total. The number of halogens is 2.